The highest BCUT2D eigenvalue weighted by molar-refractivity contribution is 6.30. The predicted octanol–water partition coefficient (Wildman–Crippen LogP) is 4.47. The first-order chi connectivity index (χ1) is 12.2. The third kappa shape index (κ3) is 3.27. The number of fused-ring (bicyclic) bond motifs is 1. The Morgan fingerprint density at radius 2 is 1.88 bits per heavy atom. The minimum atomic E-state index is 0.634. The molecule has 2 aromatic carbocycles. The van der Waals surface area contributed by atoms with Crippen LogP contribution < -0.4 is 11.1 Å². The van der Waals surface area contributed by atoms with Crippen LogP contribution in [0.4, 0.5) is 11.5 Å². The van der Waals surface area contributed by atoms with Crippen LogP contribution in [0.2, 0.25) is 5.02 Å². The van der Waals surface area contributed by atoms with E-state index in [0.717, 1.165) is 44.4 Å². The second-order valence-corrected chi connectivity index (χ2v) is 6.21. The first-order valence-corrected chi connectivity index (χ1v) is 8.25. The largest absolute Gasteiger partial charge is 0.399 e. The first-order valence-electron chi connectivity index (χ1n) is 7.87. The lowest BCUT2D eigenvalue weighted by molar-refractivity contribution is 1.10. The summed E-state index contributed by atoms with van der Waals surface area (Å²) in [6.07, 6.45) is 1.55. The van der Waals surface area contributed by atoms with Crippen molar-refractivity contribution in [2.45, 2.75) is 6.54 Å². The fourth-order valence-corrected chi connectivity index (χ4v) is 2.94. The highest BCUT2D eigenvalue weighted by atomic mass is 35.5. The number of nitrogens with zero attached hydrogens (tertiary/aromatic N) is 2. The van der Waals surface area contributed by atoms with Crippen molar-refractivity contribution in [1.29, 1.82) is 0 Å². The van der Waals surface area contributed by atoms with Crippen molar-refractivity contribution in [3.63, 3.8) is 0 Å². The summed E-state index contributed by atoms with van der Waals surface area (Å²) in [6.45, 7) is 0.634. The quantitative estimate of drug-likeness (QED) is 0.475. The van der Waals surface area contributed by atoms with Gasteiger partial charge in [0.25, 0.3) is 0 Å². The molecule has 4 aromatic rings. The zero-order valence-electron chi connectivity index (χ0n) is 13.3. The van der Waals surface area contributed by atoms with Crippen molar-refractivity contribution in [2.75, 3.05) is 11.1 Å². The molecule has 0 aliphatic heterocycles. The molecule has 0 amide bonds. The lowest BCUT2D eigenvalue weighted by atomic mass is 10.1. The number of anilines is 2. The average molecular weight is 350 g/mol. The summed E-state index contributed by atoms with van der Waals surface area (Å²) in [4.78, 5) is 12.0. The van der Waals surface area contributed by atoms with Crippen molar-refractivity contribution >= 4 is 34.1 Å². The van der Waals surface area contributed by atoms with E-state index in [9.17, 15) is 0 Å². The molecule has 0 bridgehead atoms. The normalized spacial score (nSPS) is 10.9. The number of hydrogen-bond acceptors (Lipinski definition) is 4. The molecular weight excluding hydrogens is 334 g/mol. The molecule has 0 unspecified atom stereocenters. The number of nitrogens with one attached hydrogen (secondary N) is 2. The van der Waals surface area contributed by atoms with Gasteiger partial charge in [-0.3, -0.25) is 0 Å². The summed E-state index contributed by atoms with van der Waals surface area (Å²) < 4.78 is 0. The van der Waals surface area contributed by atoms with Gasteiger partial charge in [-0.1, -0.05) is 35.9 Å². The minimum Gasteiger partial charge on any atom is -0.399 e. The fraction of sp³-hybridized carbons (Fsp3) is 0.0526. The number of halogens is 1. The Morgan fingerprint density at radius 3 is 2.68 bits per heavy atom. The number of benzene rings is 2. The predicted molar refractivity (Wildman–Crippen MR) is 103 cm³/mol. The third-order valence-electron chi connectivity index (χ3n) is 4.00. The molecule has 25 heavy (non-hydrogen) atoms. The molecule has 4 rings (SSSR count). The molecule has 0 aliphatic rings. The van der Waals surface area contributed by atoms with Crippen molar-refractivity contribution in [3.8, 4) is 11.3 Å². The highest BCUT2D eigenvalue weighted by Gasteiger charge is 2.09. The Labute approximate surface area is 149 Å². The van der Waals surface area contributed by atoms with Crippen LogP contribution in [0.15, 0.2) is 60.9 Å². The van der Waals surface area contributed by atoms with Crippen LogP contribution in [-0.2, 0) is 6.54 Å². The fourth-order valence-electron chi connectivity index (χ4n) is 2.73. The Kier molecular flexibility index (Phi) is 3.99. The molecule has 2 heterocycles. The van der Waals surface area contributed by atoms with Crippen LogP contribution >= 0.6 is 11.6 Å². The van der Waals surface area contributed by atoms with Gasteiger partial charge in [-0.15, -0.1) is 0 Å². The molecule has 4 N–H and O–H groups in total. The van der Waals surface area contributed by atoms with Crippen molar-refractivity contribution in [3.05, 3.63) is 71.5 Å². The van der Waals surface area contributed by atoms with Gasteiger partial charge < -0.3 is 16.0 Å². The molecule has 0 spiro atoms. The second kappa shape index (κ2) is 6.45. The zero-order chi connectivity index (χ0) is 17.2. The maximum Gasteiger partial charge on any atom is 0.143 e. The van der Waals surface area contributed by atoms with E-state index >= 15 is 0 Å². The molecule has 0 radical (unpaired) electrons. The number of aromatic nitrogens is 3. The van der Waals surface area contributed by atoms with Gasteiger partial charge in [0.15, 0.2) is 0 Å². The van der Waals surface area contributed by atoms with Crippen LogP contribution in [0.25, 0.3) is 22.3 Å². The number of nitrogens with two attached hydrogens (primary N) is 1. The van der Waals surface area contributed by atoms with Crippen molar-refractivity contribution < 1.29 is 0 Å². The molecule has 0 saturated heterocycles. The first kappa shape index (κ1) is 15.5. The smallest absolute Gasteiger partial charge is 0.143 e. The summed E-state index contributed by atoms with van der Waals surface area (Å²) >= 11 is 6.04. The van der Waals surface area contributed by atoms with Crippen molar-refractivity contribution in [1.82, 2.24) is 15.0 Å². The van der Waals surface area contributed by atoms with Gasteiger partial charge in [-0.05, 0) is 41.5 Å². The lowest BCUT2D eigenvalue weighted by Gasteiger charge is -2.06. The van der Waals surface area contributed by atoms with E-state index in [-0.39, 0.29) is 0 Å². The number of aromatic amines is 1. The van der Waals surface area contributed by atoms with E-state index in [1.54, 1.807) is 6.33 Å². The Morgan fingerprint density at radius 1 is 1.04 bits per heavy atom. The van der Waals surface area contributed by atoms with E-state index in [1.807, 2.05) is 54.6 Å². The van der Waals surface area contributed by atoms with E-state index in [0.29, 0.717) is 6.54 Å². The number of hydrogen-bond donors (Lipinski definition) is 3. The van der Waals surface area contributed by atoms with E-state index < -0.39 is 0 Å². The molecule has 124 valence electrons. The molecule has 0 saturated carbocycles. The number of H-pyrrole nitrogens is 1. The molecule has 6 heteroatoms. The highest BCUT2D eigenvalue weighted by Crippen LogP contribution is 2.27. The van der Waals surface area contributed by atoms with Crippen LogP contribution in [-0.4, -0.2) is 15.0 Å². The van der Waals surface area contributed by atoms with Gasteiger partial charge in [0.1, 0.15) is 17.8 Å². The number of nitrogen functional groups attached to an aromatic ring is 1. The summed E-state index contributed by atoms with van der Waals surface area (Å²) in [5.74, 6) is 0.780. The molecule has 2 aromatic heterocycles. The molecular formula is C19H16ClN5. The van der Waals surface area contributed by atoms with E-state index in [4.69, 9.17) is 17.3 Å². The van der Waals surface area contributed by atoms with Crippen LogP contribution in [0, 0.1) is 0 Å². The number of rotatable bonds is 4. The van der Waals surface area contributed by atoms with Crippen LogP contribution in [0.1, 0.15) is 5.56 Å². The van der Waals surface area contributed by atoms with Gasteiger partial charge in [-0.2, -0.15) is 0 Å². The second-order valence-electron chi connectivity index (χ2n) is 5.77. The minimum absolute atomic E-state index is 0.634. The molecule has 0 fully saturated rings. The van der Waals surface area contributed by atoms with Gasteiger partial charge in [0.05, 0.1) is 5.39 Å². The Hall–Kier alpha value is -3.05. The van der Waals surface area contributed by atoms with E-state index in [1.165, 1.54) is 0 Å². The molecule has 0 atom stereocenters. The van der Waals surface area contributed by atoms with Gasteiger partial charge in [0.2, 0.25) is 0 Å². The SMILES string of the molecule is Nc1ccc(-c2cc3c(NCc4cccc(Cl)c4)ncnc3[nH]2)cc1. The molecule has 5 nitrogen and oxygen atoms in total. The average Bonchev–Trinajstić information content (AvgIpc) is 3.05. The standard InChI is InChI=1S/C19H16ClN5/c20-14-3-1-2-12(8-14)10-22-18-16-9-17(25-19(16)24-11-23-18)13-4-6-15(21)7-5-13/h1-9,11H,10,21H2,(H2,22,23,24,25). The van der Waals surface area contributed by atoms with Gasteiger partial charge >= 0.3 is 0 Å². The summed E-state index contributed by atoms with van der Waals surface area (Å²) in [6, 6.07) is 17.5. The van der Waals surface area contributed by atoms with Crippen LogP contribution in [0.3, 0.4) is 0 Å². The zero-order valence-corrected chi connectivity index (χ0v) is 14.1. The Bertz CT molecular complexity index is 1020. The van der Waals surface area contributed by atoms with E-state index in [2.05, 4.69) is 20.3 Å². The maximum absolute atomic E-state index is 6.04. The summed E-state index contributed by atoms with van der Waals surface area (Å²) in [5, 5.41) is 5.02. The van der Waals surface area contributed by atoms with Crippen molar-refractivity contribution in [2.24, 2.45) is 0 Å². The van der Waals surface area contributed by atoms with Crippen LogP contribution in [0.5, 0.6) is 0 Å². The van der Waals surface area contributed by atoms with Gasteiger partial charge in [0, 0.05) is 22.9 Å². The summed E-state index contributed by atoms with van der Waals surface area (Å²) in [7, 11) is 0. The summed E-state index contributed by atoms with van der Waals surface area (Å²) in [5.41, 5.74) is 10.4. The van der Waals surface area contributed by atoms with Gasteiger partial charge in [-0.25, -0.2) is 9.97 Å². The molecule has 0 aliphatic carbocycles. The topological polar surface area (TPSA) is 79.6 Å². The maximum atomic E-state index is 6.04. The third-order valence-corrected chi connectivity index (χ3v) is 4.23. The monoisotopic (exact) mass is 349 g/mol. The lowest BCUT2D eigenvalue weighted by Crippen LogP contribution is -2.01. The Balaban J connectivity index is 1.64.